The molecule has 0 aliphatic heterocycles. The number of carbonyl (C=O) groups is 3. The van der Waals surface area contributed by atoms with Crippen molar-refractivity contribution in [2.45, 2.75) is 19.9 Å². The van der Waals surface area contributed by atoms with E-state index in [1.165, 1.54) is 6.26 Å². The van der Waals surface area contributed by atoms with Crippen LogP contribution < -0.4 is 21.5 Å². The average molecular weight is 457 g/mol. The number of amides is 4. The smallest absolute Gasteiger partial charge is 0.319 e. The number of hydrogen-bond acceptors (Lipinski definition) is 5. The van der Waals surface area contributed by atoms with Crippen LogP contribution in [0.3, 0.4) is 0 Å². The van der Waals surface area contributed by atoms with E-state index in [1.807, 2.05) is 26.0 Å². The summed E-state index contributed by atoms with van der Waals surface area (Å²) >= 11 is 0. The van der Waals surface area contributed by atoms with E-state index in [4.69, 9.17) is 4.42 Å². The molecule has 0 saturated heterocycles. The lowest BCUT2D eigenvalue weighted by Gasteiger charge is -2.12. The molecule has 9 heteroatoms. The van der Waals surface area contributed by atoms with Gasteiger partial charge in [0, 0.05) is 22.7 Å². The molecular weight excluding hydrogens is 434 g/mol. The van der Waals surface area contributed by atoms with Gasteiger partial charge < -0.3 is 15.1 Å². The van der Waals surface area contributed by atoms with E-state index in [9.17, 15) is 14.4 Å². The van der Waals surface area contributed by atoms with Crippen molar-refractivity contribution in [1.82, 2.24) is 21.2 Å². The van der Waals surface area contributed by atoms with Gasteiger partial charge in [-0.15, -0.1) is 0 Å². The molecule has 0 fully saturated rings. The van der Waals surface area contributed by atoms with Crippen LogP contribution in [0.5, 0.6) is 0 Å². The fourth-order valence-electron chi connectivity index (χ4n) is 3.30. The van der Waals surface area contributed by atoms with Gasteiger partial charge in [0.1, 0.15) is 5.69 Å². The Labute approximate surface area is 195 Å². The first-order chi connectivity index (χ1) is 16.4. The molecule has 4 aromatic rings. The summed E-state index contributed by atoms with van der Waals surface area (Å²) in [6.07, 6.45) is 1.53. The molecule has 0 spiro atoms. The maximum absolute atomic E-state index is 12.9. The van der Waals surface area contributed by atoms with E-state index in [0.717, 1.165) is 0 Å². The molecule has 34 heavy (non-hydrogen) atoms. The van der Waals surface area contributed by atoms with Crippen LogP contribution in [0, 0.1) is 0 Å². The highest BCUT2D eigenvalue weighted by molar-refractivity contribution is 6.08. The molecule has 2 aromatic heterocycles. The van der Waals surface area contributed by atoms with Crippen LogP contribution in [0.2, 0.25) is 0 Å². The standard InChI is InChI=1S/C25H23N5O4/c1-15(2)26-25(33)27-17-11-9-16(10-12-17)23(31)29-30-24(32)19-14-21(22-8-5-13-34-22)28-20-7-4-3-6-18(19)20/h3-15H,1-2H3,(H,29,31)(H,30,32)(H2,26,27,33). The van der Waals surface area contributed by atoms with E-state index < -0.39 is 11.8 Å². The average Bonchev–Trinajstić information content (AvgIpc) is 3.36. The number of rotatable bonds is 5. The Morgan fingerprint density at radius 1 is 0.882 bits per heavy atom. The summed E-state index contributed by atoms with van der Waals surface area (Å²) in [7, 11) is 0. The maximum atomic E-state index is 12.9. The number of hydrogen-bond donors (Lipinski definition) is 4. The third-order valence-corrected chi connectivity index (χ3v) is 4.85. The summed E-state index contributed by atoms with van der Waals surface area (Å²) in [6, 6.07) is 18.3. The van der Waals surface area contributed by atoms with Crippen molar-refractivity contribution in [2.24, 2.45) is 0 Å². The van der Waals surface area contributed by atoms with Gasteiger partial charge in [-0.2, -0.15) is 0 Å². The third-order valence-electron chi connectivity index (χ3n) is 4.85. The molecule has 4 N–H and O–H groups in total. The lowest BCUT2D eigenvalue weighted by molar-refractivity contribution is 0.0847. The summed E-state index contributed by atoms with van der Waals surface area (Å²) in [5.41, 5.74) is 7.19. The highest BCUT2D eigenvalue weighted by Crippen LogP contribution is 2.25. The highest BCUT2D eigenvalue weighted by Gasteiger charge is 2.16. The molecule has 0 saturated carbocycles. The Bertz CT molecular complexity index is 1330. The predicted molar refractivity (Wildman–Crippen MR) is 128 cm³/mol. The zero-order valence-corrected chi connectivity index (χ0v) is 18.6. The second kappa shape index (κ2) is 9.86. The van der Waals surface area contributed by atoms with E-state index in [1.54, 1.807) is 54.6 Å². The van der Waals surface area contributed by atoms with Crippen molar-refractivity contribution in [2.75, 3.05) is 5.32 Å². The third kappa shape index (κ3) is 5.21. The van der Waals surface area contributed by atoms with Crippen LogP contribution in [0.4, 0.5) is 10.5 Å². The highest BCUT2D eigenvalue weighted by atomic mass is 16.3. The van der Waals surface area contributed by atoms with Crippen molar-refractivity contribution < 1.29 is 18.8 Å². The van der Waals surface area contributed by atoms with Crippen molar-refractivity contribution in [3.8, 4) is 11.5 Å². The van der Waals surface area contributed by atoms with Gasteiger partial charge >= 0.3 is 6.03 Å². The number of carbonyl (C=O) groups excluding carboxylic acids is 3. The number of pyridine rings is 1. The number of furan rings is 1. The van der Waals surface area contributed by atoms with Crippen LogP contribution in [-0.4, -0.2) is 28.9 Å². The SMILES string of the molecule is CC(C)NC(=O)Nc1ccc(C(=O)NNC(=O)c2cc(-c3ccco3)nc3ccccc23)cc1. The maximum Gasteiger partial charge on any atom is 0.319 e. The van der Waals surface area contributed by atoms with Crippen LogP contribution in [0.25, 0.3) is 22.4 Å². The molecule has 2 aromatic carbocycles. The fraction of sp³-hybridized carbons (Fsp3) is 0.120. The molecule has 2 heterocycles. The number of para-hydroxylation sites is 1. The first-order valence-corrected chi connectivity index (χ1v) is 10.6. The Morgan fingerprint density at radius 2 is 1.62 bits per heavy atom. The normalized spacial score (nSPS) is 10.7. The van der Waals surface area contributed by atoms with Gasteiger partial charge in [0.2, 0.25) is 0 Å². The van der Waals surface area contributed by atoms with Gasteiger partial charge in [-0.25, -0.2) is 9.78 Å². The number of benzene rings is 2. The van der Waals surface area contributed by atoms with E-state index >= 15 is 0 Å². The van der Waals surface area contributed by atoms with E-state index in [0.29, 0.717) is 39.2 Å². The zero-order valence-electron chi connectivity index (χ0n) is 18.6. The molecule has 4 amide bonds. The summed E-state index contributed by atoms with van der Waals surface area (Å²) in [4.78, 5) is 41.8. The van der Waals surface area contributed by atoms with Crippen LogP contribution in [0.1, 0.15) is 34.6 Å². The van der Waals surface area contributed by atoms with Gasteiger partial charge in [-0.3, -0.25) is 20.4 Å². The Morgan fingerprint density at radius 3 is 2.32 bits per heavy atom. The molecule has 172 valence electrons. The number of fused-ring (bicyclic) bond motifs is 1. The number of hydrazine groups is 1. The van der Waals surface area contributed by atoms with Gasteiger partial charge in [-0.1, -0.05) is 18.2 Å². The monoisotopic (exact) mass is 457 g/mol. The molecule has 0 aliphatic carbocycles. The minimum absolute atomic E-state index is 0.00124. The van der Waals surface area contributed by atoms with Crippen molar-refractivity contribution >= 4 is 34.4 Å². The van der Waals surface area contributed by atoms with Gasteiger partial charge in [0.15, 0.2) is 5.76 Å². The van der Waals surface area contributed by atoms with Crippen molar-refractivity contribution in [1.29, 1.82) is 0 Å². The summed E-state index contributed by atoms with van der Waals surface area (Å²) in [5.74, 6) is -0.473. The lowest BCUT2D eigenvalue weighted by atomic mass is 10.1. The zero-order chi connectivity index (χ0) is 24.1. The van der Waals surface area contributed by atoms with Crippen LogP contribution in [-0.2, 0) is 0 Å². The number of anilines is 1. The van der Waals surface area contributed by atoms with Crippen LogP contribution >= 0.6 is 0 Å². The Hall–Kier alpha value is -4.66. The quantitative estimate of drug-likeness (QED) is 0.336. The summed E-state index contributed by atoms with van der Waals surface area (Å²) in [6.45, 7) is 3.71. The largest absolute Gasteiger partial charge is 0.463 e. The lowest BCUT2D eigenvalue weighted by Crippen LogP contribution is -2.41. The first kappa shape index (κ1) is 22.5. The second-order valence-electron chi connectivity index (χ2n) is 7.79. The van der Waals surface area contributed by atoms with Gasteiger partial charge in [0.25, 0.3) is 11.8 Å². The molecule has 0 atom stereocenters. The van der Waals surface area contributed by atoms with Gasteiger partial charge in [-0.05, 0) is 62.4 Å². The Kier molecular flexibility index (Phi) is 6.54. The second-order valence-corrected chi connectivity index (χ2v) is 7.79. The number of aromatic nitrogens is 1. The van der Waals surface area contributed by atoms with Crippen LogP contribution in [0.15, 0.2) is 77.4 Å². The summed E-state index contributed by atoms with van der Waals surface area (Å²) < 4.78 is 5.42. The minimum atomic E-state index is -0.504. The van der Waals surface area contributed by atoms with E-state index in [2.05, 4.69) is 26.5 Å². The van der Waals surface area contributed by atoms with Crippen molar-refractivity contribution in [3.63, 3.8) is 0 Å². The number of nitrogens with zero attached hydrogens (tertiary/aromatic N) is 1. The fourth-order valence-corrected chi connectivity index (χ4v) is 3.30. The molecular formula is C25H23N5O4. The molecule has 9 nitrogen and oxygen atoms in total. The summed E-state index contributed by atoms with van der Waals surface area (Å²) in [5, 5.41) is 6.03. The predicted octanol–water partition coefficient (Wildman–Crippen LogP) is 4.10. The first-order valence-electron chi connectivity index (χ1n) is 10.6. The molecule has 0 aliphatic rings. The van der Waals surface area contributed by atoms with Gasteiger partial charge in [0.05, 0.1) is 17.3 Å². The van der Waals surface area contributed by atoms with Crippen molar-refractivity contribution in [3.05, 3.63) is 84.1 Å². The van der Waals surface area contributed by atoms with E-state index in [-0.39, 0.29) is 12.1 Å². The minimum Gasteiger partial charge on any atom is -0.463 e. The molecule has 0 radical (unpaired) electrons. The molecule has 4 rings (SSSR count). The molecule has 0 bridgehead atoms. The number of nitrogens with one attached hydrogen (secondary N) is 4. The Balaban J connectivity index is 1.45. The molecule has 0 unspecified atom stereocenters. The topological polar surface area (TPSA) is 125 Å². The number of urea groups is 1.